The molecule has 4 heteroatoms. The summed E-state index contributed by atoms with van der Waals surface area (Å²) >= 11 is 5.30. The van der Waals surface area contributed by atoms with E-state index in [1.165, 1.54) is 19.6 Å². The molecule has 0 bridgehead atoms. The summed E-state index contributed by atoms with van der Waals surface area (Å²) in [6.07, 6.45) is 1.86. The highest BCUT2D eigenvalue weighted by molar-refractivity contribution is 9.11. The molecule has 2 heterocycles. The predicted octanol–water partition coefficient (Wildman–Crippen LogP) is 4.69. The van der Waals surface area contributed by atoms with E-state index in [1.807, 2.05) is 12.3 Å². The van der Waals surface area contributed by atoms with Crippen molar-refractivity contribution >= 4 is 38.2 Å². The molecule has 20 heavy (non-hydrogen) atoms. The van der Waals surface area contributed by atoms with Crippen LogP contribution in [0, 0.1) is 0 Å². The zero-order valence-electron chi connectivity index (χ0n) is 11.2. The molecule has 2 nitrogen and oxygen atoms in total. The zero-order chi connectivity index (χ0) is 13.9. The molecule has 1 aromatic carbocycles. The monoisotopic (exact) mass is 346 g/mol. The SMILES string of the molecule is CN(Cc1ccc(Br)s1)Cc1cccc2cccnc12. The van der Waals surface area contributed by atoms with E-state index in [9.17, 15) is 0 Å². The lowest BCUT2D eigenvalue weighted by Crippen LogP contribution is -2.16. The lowest BCUT2D eigenvalue weighted by Gasteiger charge is -2.16. The van der Waals surface area contributed by atoms with E-state index in [-0.39, 0.29) is 0 Å². The molecule has 0 N–H and O–H groups in total. The molecule has 0 spiro atoms. The van der Waals surface area contributed by atoms with Crippen molar-refractivity contribution in [2.24, 2.45) is 0 Å². The van der Waals surface area contributed by atoms with E-state index in [4.69, 9.17) is 0 Å². The molecule has 0 aliphatic heterocycles. The topological polar surface area (TPSA) is 16.1 Å². The van der Waals surface area contributed by atoms with Crippen LogP contribution in [0.3, 0.4) is 0 Å². The number of hydrogen-bond donors (Lipinski definition) is 0. The van der Waals surface area contributed by atoms with Gasteiger partial charge in [0, 0.05) is 29.5 Å². The molecular weight excluding hydrogens is 332 g/mol. The Morgan fingerprint density at radius 2 is 1.95 bits per heavy atom. The Morgan fingerprint density at radius 1 is 1.10 bits per heavy atom. The van der Waals surface area contributed by atoms with Crippen molar-refractivity contribution in [3.05, 3.63) is 62.9 Å². The highest BCUT2D eigenvalue weighted by Crippen LogP contribution is 2.24. The Kier molecular flexibility index (Phi) is 4.15. The Hall–Kier alpha value is -1.23. The fourth-order valence-corrected chi connectivity index (χ4v) is 3.91. The van der Waals surface area contributed by atoms with Gasteiger partial charge in [-0.3, -0.25) is 9.88 Å². The van der Waals surface area contributed by atoms with Gasteiger partial charge in [0.05, 0.1) is 9.30 Å². The first-order valence-corrected chi connectivity index (χ1v) is 8.09. The summed E-state index contributed by atoms with van der Waals surface area (Å²) in [7, 11) is 2.15. The molecule has 102 valence electrons. The van der Waals surface area contributed by atoms with Gasteiger partial charge in [0.15, 0.2) is 0 Å². The molecule has 0 saturated carbocycles. The van der Waals surface area contributed by atoms with Gasteiger partial charge in [-0.1, -0.05) is 24.3 Å². The lowest BCUT2D eigenvalue weighted by atomic mass is 10.1. The van der Waals surface area contributed by atoms with Crippen molar-refractivity contribution < 1.29 is 0 Å². The first-order valence-electron chi connectivity index (χ1n) is 6.48. The third-order valence-corrected chi connectivity index (χ3v) is 4.82. The van der Waals surface area contributed by atoms with Crippen LogP contribution >= 0.6 is 27.3 Å². The van der Waals surface area contributed by atoms with Gasteiger partial charge in [-0.05, 0) is 46.7 Å². The first kappa shape index (κ1) is 13.7. The van der Waals surface area contributed by atoms with Crippen LogP contribution in [0.15, 0.2) is 52.4 Å². The third kappa shape index (κ3) is 3.08. The fourth-order valence-electron chi connectivity index (χ4n) is 2.34. The minimum Gasteiger partial charge on any atom is -0.297 e. The largest absolute Gasteiger partial charge is 0.297 e. The van der Waals surface area contributed by atoms with E-state index in [0.717, 1.165) is 18.6 Å². The van der Waals surface area contributed by atoms with E-state index in [1.54, 1.807) is 11.3 Å². The third-order valence-electron chi connectivity index (χ3n) is 3.21. The molecule has 0 aliphatic rings. The summed E-state index contributed by atoms with van der Waals surface area (Å²) in [6.45, 7) is 1.86. The maximum atomic E-state index is 4.51. The number of rotatable bonds is 4. The summed E-state index contributed by atoms with van der Waals surface area (Å²) in [5.41, 5.74) is 2.38. The zero-order valence-corrected chi connectivity index (χ0v) is 13.6. The van der Waals surface area contributed by atoms with Gasteiger partial charge in [-0.15, -0.1) is 11.3 Å². The fraction of sp³-hybridized carbons (Fsp3) is 0.188. The number of aromatic nitrogens is 1. The molecular formula is C16H15BrN2S. The van der Waals surface area contributed by atoms with Crippen molar-refractivity contribution in [3.63, 3.8) is 0 Å². The summed E-state index contributed by atoms with van der Waals surface area (Å²) in [6, 6.07) is 14.8. The van der Waals surface area contributed by atoms with Crippen LogP contribution in [0.1, 0.15) is 10.4 Å². The second-order valence-electron chi connectivity index (χ2n) is 4.87. The molecule has 0 amide bonds. The predicted molar refractivity (Wildman–Crippen MR) is 88.9 cm³/mol. The number of thiophene rings is 1. The number of pyridine rings is 1. The quantitative estimate of drug-likeness (QED) is 0.681. The number of nitrogens with zero attached hydrogens (tertiary/aromatic N) is 2. The lowest BCUT2D eigenvalue weighted by molar-refractivity contribution is 0.323. The maximum absolute atomic E-state index is 4.51. The smallest absolute Gasteiger partial charge is 0.0746 e. The van der Waals surface area contributed by atoms with Crippen molar-refractivity contribution in [3.8, 4) is 0 Å². The van der Waals surface area contributed by atoms with Crippen molar-refractivity contribution in [1.29, 1.82) is 0 Å². The van der Waals surface area contributed by atoms with Crippen LogP contribution in [-0.2, 0) is 13.1 Å². The first-order chi connectivity index (χ1) is 9.72. The van der Waals surface area contributed by atoms with Crippen molar-refractivity contribution in [2.75, 3.05) is 7.05 Å². The number of para-hydroxylation sites is 1. The van der Waals surface area contributed by atoms with Crippen molar-refractivity contribution in [2.45, 2.75) is 13.1 Å². The van der Waals surface area contributed by atoms with Gasteiger partial charge < -0.3 is 0 Å². The van der Waals surface area contributed by atoms with Gasteiger partial charge in [0.25, 0.3) is 0 Å². The minimum atomic E-state index is 0.907. The Morgan fingerprint density at radius 3 is 2.75 bits per heavy atom. The van der Waals surface area contributed by atoms with E-state index in [0.29, 0.717) is 0 Å². The average molecular weight is 347 g/mol. The number of hydrogen-bond acceptors (Lipinski definition) is 3. The minimum absolute atomic E-state index is 0.907. The van der Waals surface area contributed by atoms with Crippen LogP contribution < -0.4 is 0 Å². The molecule has 2 aromatic heterocycles. The number of fused-ring (bicyclic) bond motifs is 1. The second kappa shape index (κ2) is 6.04. The van der Waals surface area contributed by atoms with Gasteiger partial charge in [0.2, 0.25) is 0 Å². The van der Waals surface area contributed by atoms with Gasteiger partial charge in [-0.25, -0.2) is 0 Å². The van der Waals surface area contributed by atoms with E-state index >= 15 is 0 Å². The maximum Gasteiger partial charge on any atom is 0.0746 e. The van der Waals surface area contributed by atoms with E-state index < -0.39 is 0 Å². The van der Waals surface area contributed by atoms with Crippen LogP contribution in [-0.4, -0.2) is 16.9 Å². The Labute approximate surface area is 131 Å². The summed E-state index contributed by atoms with van der Waals surface area (Å²) in [5, 5.41) is 1.21. The Bertz CT molecular complexity index is 718. The molecule has 0 saturated heterocycles. The molecule has 0 fully saturated rings. The number of benzene rings is 1. The van der Waals surface area contributed by atoms with Crippen LogP contribution in [0.2, 0.25) is 0 Å². The van der Waals surface area contributed by atoms with Crippen LogP contribution in [0.4, 0.5) is 0 Å². The number of halogens is 1. The summed E-state index contributed by atoms with van der Waals surface area (Å²) in [4.78, 5) is 8.20. The molecule has 0 aliphatic carbocycles. The molecule has 3 aromatic rings. The summed E-state index contributed by atoms with van der Waals surface area (Å²) in [5.74, 6) is 0. The van der Waals surface area contributed by atoms with Gasteiger partial charge in [0.1, 0.15) is 0 Å². The van der Waals surface area contributed by atoms with Crippen LogP contribution in [0.5, 0.6) is 0 Å². The molecule has 3 rings (SSSR count). The normalized spacial score (nSPS) is 11.3. The average Bonchev–Trinajstić information content (AvgIpc) is 2.84. The van der Waals surface area contributed by atoms with Crippen LogP contribution in [0.25, 0.3) is 10.9 Å². The molecule has 0 atom stereocenters. The standard InChI is InChI=1S/C16H15BrN2S/c1-19(11-14-7-8-15(17)20-14)10-13-5-2-4-12-6-3-9-18-16(12)13/h2-9H,10-11H2,1H3. The van der Waals surface area contributed by atoms with Gasteiger partial charge >= 0.3 is 0 Å². The second-order valence-corrected chi connectivity index (χ2v) is 7.42. The highest BCUT2D eigenvalue weighted by atomic mass is 79.9. The van der Waals surface area contributed by atoms with Gasteiger partial charge in [-0.2, -0.15) is 0 Å². The van der Waals surface area contributed by atoms with E-state index in [2.05, 4.69) is 69.3 Å². The summed E-state index contributed by atoms with van der Waals surface area (Å²) < 4.78 is 1.19. The highest BCUT2D eigenvalue weighted by Gasteiger charge is 2.07. The Balaban J connectivity index is 1.79. The molecule has 0 unspecified atom stereocenters. The molecule has 0 radical (unpaired) electrons. The van der Waals surface area contributed by atoms with Crippen molar-refractivity contribution in [1.82, 2.24) is 9.88 Å².